The summed E-state index contributed by atoms with van der Waals surface area (Å²) in [6.45, 7) is 9.54. The van der Waals surface area contributed by atoms with Crippen molar-refractivity contribution in [3.05, 3.63) is 35.4 Å². The number of imide groups is 1. The van der Waals surface area contributed by atoms with Gasteiger partial charge in [0.15, 0.2) is 0 Å². The van der Waals surface area contributed by atoms with Crippen molar-refractivity contribution in [2.45, 2.75) is 34.6 Å². The third kappa shape index (κ3) is 3.19. The highest BCUT2D eigenvalue weighted by Crippen LogP contribution is 2.26. The lowest BCUT2D eigenvalue weighted by molar-refractivity contribution is -0.130. The molecule has 0 saturated heterocycles. The van der Waals surface area contributed by atoms with Crippen LogP contribution in [0.25, 0.3) is 0 Å². The topological polar surface area (TPSA) is 46.2 Å². The number of amides is 2. The van der Waals surface area contributed by atoms with E-state index in [1.807, 2.05) is 46.8 Å². The van der Waals surface area contributed by atoms with E-state index in [1.165, 1.54) is 0 Å². The van der Waals surface area contributed by atoms with E-state index in [1.54, 1.807) is 12.1 Å². The molecular weight excluding hydrogens is 226 g/mol. The fourth-order valence-corrected chi connectivity index (χ4v) is 1.38. The molecule has 0 aliphatic carbocycles. The summed E-state index contributed by atoms with van der Waals surface area (Å²) >= 11 is 0. The molecule has 3 heteroatoms. The van der Waals surface area contributed by atoms with Crippen LogP contribution in [0, 0.1) is 18.3 Å². The Balaban J connectivity index is 2.80. The van der Waals surface area contributed by atoms with Crippen molar-refractivity contribution in [3.8, 4) is 0 Å². The molecule has 1 N–H and O–H groups in total. The summed E-state index contributed by atoms with van der Waals surface area (Å²) in [5.74, 6) is -0.399. The average molecular weight is 247 g/mol. The summed E-state index contributed by atoms with van der Waals surface area (Å²) in [5.41, 5.74) is 0.959. The van der Waals surface area contributed by atoms with Gasteiger partial charge in [-0.1, -0.05) is 45.4 Å². The summed E-state index contributed by atoms with van der Waals surface area (Å²) in [5, 5.41) is 2.47. The van der Waals surface area contributed by atoms with Crippen molar-refractivity contribution < 1.29 is 9.59 Å². The SMILES string of the molecule is Cc1cccc(C(=O)NC(=O)C(C)(C)C(C)C)c1. The highest BCUT2D eigenvalue weighted by molar-refractivity contribution is 6.06. The van der Waals surface area contributed by atoms with E-state index in [9.17, 15) is 9.59 Å². The second-order valence-corrected chi connectivity index (χ2v) is 5.53. The van der Waals surface area contributed by atoms with Crippen LogP contribution in [0.1, 0.15) is 43.6 Å². The number of nitrogens with one attached hydrogen (secondary N) is 1. The van der Waals surface area contributed by atoms with E-state index in [2.05, 4.69) is 5.32 Å². The molecule has 1 aromatic carbocycles. The minimum Gasteiger partial charge on any atom is -0.292 e. The Bertz CT molecular complexity index is 461. The monoisotopic (exact) mass is 247 g/mol. The van der Waals surface area contributed by atoms with Crippen LogP contribution in [0.15, 0.2) is 24.3 Å². The lowest BCUT2D eigenvalue weighted by Crippen LogP contribution is -2.43. The van der Waals surface area contributed by atoms with Gasteiger partial charge in [0.25, 0.3) is 5.91 Å². The van der Waals surface area contributed by atoms with Crippen LogP contribution >= 0.6 is 0 Å². The Hall–Kier alpha value is -1.64. The highest BCUT2D eigenvalue weighted by atomic mass is 16.2. The summed E-state index contributed by atoms with van der Waals surface area (Å²) in [4.78, 5) is 24.0. The molecular formula is C15H21NO2. The minimum atomic E-state index is -0.556. The summed E-state index contributed by atoms with van der Waals surface area (Å²) < 4.78 is 0. The molecule has 0 radical (unpaired) electrons. The number of rotatable bonds is 3. The summed E-state index contributed by atoms with van der Waals surface area (Å²) in [7, 11) is 0. The molecule has 0 aliphatic heterocycles. The molecule has 0 bridgehead atoms. The molecule has 0 saturated carbocycles. The van der Waals surface area contributed by atoms with Crippen LogP contribution in [-0.2, 0) is 4.79 Å². The van der Waals surface area contributed by atoms with E-state index in [4.69, 9.17) is 0 Å². The van der Waals surface area contributed by atoms with Gasteiger partial charge in [-0.25, -0.2) is 0 Å². The fourth-order valence-electron chi connectivity index (χ4n) is 1.38. The van der Waals surface area contributed by atoms with Crippen molar-refractivity contribution >= 4 is 11.8 Å². The minimum absolute atomic E-state index is 0.169. The van der Waals surface area contributed by atoms with Crippen molar-refractivity contribution in [1.82, 2.24) is 5.32 Å². The van der Waals surface area contributed by atoms with Crippen LogP contribution in [0.5, 0.6) is 0 Å². The summed E-state index contributed by atoms with van der Waals surface area (Å²) in [6, 6.07) is 7.20. The largest absolute Gasteiger partial charge is 0.292 e. The van der Waals surface area contributed by atoms with E-state index in [0.29, 0.717) is 5.56 Å². The first kappa shape index (κ1) is 14.4. The van der Waals surface area contributed by atoms with Crippen LogP contribution in [0.4, 0.5) is 0 Å². The van der Waals surface area contributed by atoms with Crippen molar-refractivity contribution in [1.29, 1.82) is 0 Å². The third-order valence-corrected chi connectivity index (χ3v) is 3.54. The molecule has 98 valence electrons. The van der Waals surface area contributed by atoms with Gasteiger partial charge in [-0.15, -0.1) is 0 Å². The van der Waals surface area contributed by atoms with E-state index < -0.39 is 5.41 Å². The standard InChI is InChI=1S/C15H21NO2/c1-10(2)15(4,5)14(18)16-13(17)12-8-6-7-11(3)9-12/h6-10H,1-5H3,(H,16,17,18). The number of aryl methyl sites for hydroxylation is 1. The van der Waals surface area contributed by atoms with Gasteiger partial charge in [0.1, 0.15) is 0 Å². The van der Waals surface area contributed by atoms with Gasteiger partial charge in [0, 0.05) is 11.0 Å². The summed E-state index contributed by atoms with van der Waals surface area (Å²) in [6.07, 6.45) is 0. The number of hydrogen-bond acceptors (Lipinski definition) is 2. The molecule has 0 spiro atoms. The first-order chi connectivity index (χ1) is 8.25. The average Bonchev–Trinajstić information content (AvgIpc) is 2.28. The molecule has 1 aromatic rings. The van der Waals surface area contributed by atoms with Crippen LogP contribution < -0.4 is 5.32 Å². The second kappa shape index (κ2) is 5.34. The zero-order valence-electron chi connectivity index (χ0n) is 11.7. The number of carbonyl (C=O) groups is 2. The Morgan fingerprint density at radius 1 is 1.22 bits per heavy atom. The van der Waals surface area contributed by atoms with Gasteiger partial charge in [0.05, 0.1) is 0 Å². The van der Waals surface area contributed by atoms with Crippen molar-refractivity contribution in [2.24, 2.45) is 11.3 Å². The normalized spacial score (nSPS) is 11.4. The Kier molecular flexibility index (Phi) is 4.28. The molecule has 0 heterocycles. The van der Waals surface area contributed by atoms with Gasteiger partial charge >= 0.3 is 0 Å². The van der Waals surface area contributed by atoms with Gasteiger partial charge in [0.2, 0.25) is 5.91 Å². The second-order valence-electron chi connectivity index (χ2n) is 5.53. The molecule has 1 rings (SSSR count). The maximum atomic E-state index is 12.0. The van der Waals surface area contributed by atoms with Gasteiger partial charge in [-0.05, 0) is 25.0 Å². The quantitative estimate of drug-likeness (QED) is 0.892. The predicted molar refractivity (Wildman–Crippen MR) is 72.3 cm³/mol. The van der Waals surface area contributed by atoms with Gasteiger partial charge < -0.3 is 0 Å². The first-order valence-electron chi connectivity index (χ1n) is 6.17. The lowest BCUT2D eigenvalue weighted by atomic mass is 9.80. The Labute approximate surface area is 109 Å². The third-order valence-electron chi connectivity index (χ3n) is 3.54. The Morgan fingerprint density at radius 2 is 1.83 bits per heavy atom. The molecule has 0 fully saturated rings. The molecule has 0 aromatic heterocycles. The first-order valence-corrected chi connectivity index (χ1v) is 6.17. The van der Waals surface area contributed by atoms with Crippen LogP contribution in [0.2, 0.25) is 0 Å². The fraction of sp³-hybridized carbons (Fsp3) is 0.467. The zero-order chi connectivity index (χ0) is 13.9. The molecule has 3 nitrogen and oxygen atoms in total. The predicted octanol–water partition coefficient (Wildman–Crippen LogP) is 2.93. The number of benzene rings is 1. The molecule has 0 aliphatic rings. The van der Waals surface area contributed by atoms with Crippen LogP contribution in [-0.4, -0.2) is 11.8 Å². The van der Waals surface area contributed by atoms with Crippen molar-refractivity contribution in [3.63, 3.8) is 0 Å². The lowest BCUT2D eigenvalue weighted by Gasteiger charge is -2.27. The molecule has 2 amide bonds. The highest BCUT2D eigenvalue weighted by Gasteiger charge is 2.32. The molecule has 18 heavy (non-hydrogen) atoms. The molecule has 0 atom stereocenters. The smallest absolute Gasteiger partial charge is 0.257 e. The van der Waals surface area contributed by atoms with Gasteiger partial charge in [-0.2, -0.15) is 0 Å². The Morgan fingerprint density at radius 3 is 2.33 bits per heavy atom. The van der Waals surface area contributed by atoms with Crippen LogP contribution in [0.3, 0.4) is 0 Å². The van der Waals surface area contributed by atoms with E-state index in [0.717, 1.165) is 5.56 Å². The van der Waals surface area contributed by atoms with Crippen molar-refractivity contribution in [2.75, 3.05) is 0 Å². The maximum absolute atomic E-state index is 12.0. The molecule has 0 unspecified atom stereocenters. The van der Waals surface area contributed by atoms with E-state index >= 15 is 0 Å². The zero-order valence-corrected chi connectivity index (χ0v) is 11.7. The van der Waals surface area contributed by atoms with Gasteiger partial charge in [-0.3, -0.25) is 14.9 Å². The number of carbonyl (C=O) groups excluding carboxylic acids is 2. The van der Waals surface area contributed by atoms with E-state index in [-0.39, 0.29) is 17.7 Å². The maximum Gasteiger partial charge on any atom is 0.257 e. The number of hydrogen-bond donors (Lipinski definition) is 1.